The zero-order chi connectivity index (χ0) is 23.3. The lowest BCUT2D eigenvalue weighted by atomic mass is 9.97. The number of halogens is 2. The molecule has 0 saturated carbocycles. The normalized spacial score (nSPS) is 15.4. The number of hydrogen-bond donors (Lipinski definition) is 1. The predicted molar refractivity (Wildman–Crippen MR) is 124 cm³/mol. The number of ether oxygens (including phenoxy) is 2. The molecule has 1 aliphatic rings. The third-order valence-electron chi connectivity index (χ3n) is 5.50. The first-order valence-electron chi connectivity index (χ1n) is 10.2. The van der Waals surface area contributed by atoms with E-state index in [1.54, 1.807) is 20.3 Å². The number of carbonyl (C=O) groups excluding carboxylic acids is 1. The number of piperidine rings is 1. The molecule has 0 spiro atoms. The first-order valence-corrected chi connectivity index (χ1v) is 12.4. The van der Waals surface area contributed by atoms with Crippen molar-refractivity contribution in [1.82, 2.24) is 9.62 Å². The quantitative estimate of drug-likeness (QED) is 0.596. The van der Waals surface area contributed by atoms with Crippen molar-refractivity contribution in [3.05, 3.63) is 52.0 Å². The highest BCUT2D eigenvalue weighted by Gasteiger charge is 2.33. The van der Waals surface area contributed by atoms with E-state index in [1.807, 2.05) is 18.2 Å². The van der Waals surface area contributed by atoms with Crippen molar-refractivity contribution in [3.8, 4) is 11.5 Å². The van der Waals surface area contributed by atoms with Crippen LogP contribution < -0.4 is 14.8 Å². The van der Waals surface area contributed by atoms with Crippen molar-refractivity contribution >= 4 is 39.1 Å². The summed E-state index contributed by atoms with van der Waals surface area (Å²) in [7, 11) is -0.606. The van der Waals surface area contributed by atoms with Gasteiger partial charge in [-0.2, -0.15) is 4.31 Å². The molecule has 10 heteroatoms. The van der Waals surface area contributed by atoms with Crippen LogP contribution in [0.5, 0.6) is 11.5 Å². The minimum Gasteiger partial charge on any atom is -0.493 e. The molecule has 32 heavy (non-hydrogen) atoms. The summed E-state index contributed by atoms with van der Waals surface area (Å²) in [4.78, 5) is 12.6. The van der Waals surface area contributed by atoms with Crippen molar-refractivity contribution < 1.29 is 22.7 Å². The number of rotatable bonds is 8. The molecule has 1 heterocycles. The molecule has 7 nitrogen and oxygen atoms in total. The summed E-state index contributed by atoms with van der Waals surface area (Å²) in [6.45, 7) is 0.975. The molecule has 1 saturated heterocycles. The molecular formula is C22H26Cl2N2O5S. The standard InChI is InChI=1S/C22H26Cl2N2O5S/c1-30-19-6-3-15(13-20(19)31-2)7-10-25-22(27)16-8-11-26(12-9-16)32(28,29)21-14-17(23)4-5-18(21)24/h3-6,13-14,16H,7-12H2,1-2H3,(H,25,27). The monoisotopic (exact) mass is 500 g/mol. The highest BCUT2D eigenvalue weighted by molar-refractivity contribution is 7.89. The maximum absolute atomic E-state index is 12.9. The van der Waals surface area contributed by atoms with Gasteiger partial charge in [0, 0.05) is 30.6 Å². The molecule has 0 radical (unpaired) electrons. The van der Waals surface area contributed by atoms with Crippen LogP contribution in [0.2, 0.25) is 10.0 Å². The number of nitrogens with zero attached hydrogens (tertiary/aromatic N) is 1. The van der Waals surface area contributed by atoms with Crippen LogP contribution in [0, 0.1) is 5.92 Å². The summed E-state index contributed by atoms with van der Waals surface area (Å²) in [5, 5.41) is 3.38. The maximum Gasteiger partial charge on any atom is 0.244 e. The van der Waals surface area contributed by atoms with Gasteiger partial charge in [-0.05, 0) is 55.2 Å². The molecule has 0 aromatic heterocycles. The van der Waals surface area contributed by atoms with Gasteiger partial charge in [0.2, 0.25) is 15.9 Å². The minimum atomic E-state index is -3.77. The Kier molecular flexibility index (Phi) is 8.27. The maximum atomic E-state index is 12.9. The topological polar surface area (TPSA) is 84.9 Å². The summed E-state index contributed by atoms with van der Waals surface area (Å²) >= 11 is 12.0. The fourth-order valence-electron chi connectivity index (χ4n) is 3.68. The van der Waals surface area contributed by atoms with Gasteiger partial charge in [0.05, 0.1) is 19.2 Å². The second kappa shape index (κ2) is 10.7. The van der Waals surface area contributed by atoms with E-state index in [4.69, 9.17) is 32.7 Å². The number of hydrogen-bond acceptors (Lipinski definition) is 5. The Labute approximate surface area is 198 Å². The van der Waals surface area contributed by atoms with Crippen LogP contribution >= 0.6 is 23.2 Å². The highest BCUT2D eigenvalue weighted by atomic mass is 35.5. The van der Waals surface area contributed by atoms with E-state index in [1.165, 1.54) is 16.4 Å². The zero-order valence-corrected chi connectivity index (χ0v) is 20.3. The van der Waals surface area contributed by atoms with Crippen LogP contribution in [0.15, 0.2) is 41.3 Å². The molecule has 0 atom stereocenters. The summed E-state index contributed by atoms with van der Waals surface area (Å²) in [5.74, 6) is 0.996. The van der Waals surface area contributed by atoms with E-state index in [9.17, 15) is 13.2 Å². The number of benzene rings is 2. The first-order chi connectivity index (χ1) is 15.3. The molecule has 1 fully saturated rings. The Morgan fingerprint density at radius 2 is 1.75 bits per heavy atom. The van der Waals surface area contributed by atoms with E-state index in [2.05, 4.69) is 5.32 Å². The number of nitrogens with one attached hydrogen (secondary N) is 1. The van der Waals surface area contributed by atoms with Gasteiger partial charge in [-0.25, -0.2) is 8.42 Å². The number of carbonyl (C=O) groups is 1. The first kappa shape index (κ1) is 24.6. The average molecular weight is 501 g/mol. The van der Waals surface area contributed by atoms with Crippen molar-refractivity contribution in [2.24, 2.45) is 5.92 Å². The van der Waals surface area contributed by atoms with E-state index in [0.717, 1.165) is 5.56 Å². The Morgan fingerprint density at radius 3 is 2.41 bits per heavy atom. The van der Waals surface area contributed by atoms with Crippen LogP contribution in [0.1, 0.15) is 18.4 Å². The van der Waals surface area contributed by atoms with Crippen molar-refractivity contribution in [2.45, 2.75) is 24.2 Å². The van der Waals surface area contributed by atoms with Gasteiger partial charge in [-0.1, -0.05) is 29.3 Å². The van der Waals surface area contributed by atoms with Crippen LogP contribution in [0.3, 0.4) is 0 Å². The van der Waals surface area contributed by atoms with Gasteiger partial charge >= 0.3 is 0 Å². The SMILES string of the molecule is COc1ccc(CCNC(=O)C2CCN(S(=O)(=O)c3cc(Cl)ccc3Cl)CC2)cc1OC. The molecule has 1 amide bonds. The fourth-order valence-corrected chi connectivity index (χ4v) is 5.89. The Balaban J connectivity index is 1.52. The smallest absolute Gasteiger partial charge is 0.244 e. The largest absolute Gasteiger partial charge is 0.493 e. The van der Waals surface area contributed by atoms with Gasteiger partial charge in [-0.15, -0.1) is 0 Å². The number of sulfonamides is 1. The molecule has 0 aliphatic carbocycles. The third-order valence-corrected chi connectivity index (χ3v) is 8.11. The number of amides is 1. The molecule has 2 aromatic rings. The van der Waals surface area contributed by atoms with Crippen molar-refractivity contribution in [1.29, 1.82) is 0 Å². The molecule has 174 valence electrons. The molecule has 3 rings (SSSR count). The lowest BCUT2D eigenvalue weighted by molar-refractivity contribution is -0.126. The van der Waals surface area contributed by atoms with Gasteiger partial charge < -0.3 is 14.8 Å². The van der Waals surface area contributed by atoms with Gasteiger partial charge in [0.15, 0.2) is 11.5 Å². The molecule has 0 bridgehead atoms. The summed E-state index contributed by atoms with van der Waals surface area (Å²) in [5.41, 5.74) is 1.02. The van der Waals surface area contributed by atoms with E-state index < -0.39 is 10.0 Å². The zero-order valence-electron chi connectivity index (χ0n) is 17.9. The minimum absolute atomic E-state index is 0.00973. The van der Waals surface area contributed by atoms with Crippen molar-refractivity contribution in [2.75, 3.05) is 33.9 Å². The van der Waals surface area contributed by atoms with Crippen LogP contribution in [0.4, 0.5) is 0 Å². The van der Waals surface area contributed by atoms with Gasteiger partial charge in [0.1, 0.15) is 4.90 Å². The molecule has 1 aliphatic heterocycles. The fraction of sp³-hybridized carbons (Fsp3) is 0.409. The van der Waals surface area contributed by atoms with Crippen molar-refractivity contribution in [3.63, 3.8) is 0 Å². The Hall–Kier alpha value is -2.00. The second-order valence-electron chi connectivity index (χ2n) is 7.48. The molecule has 2 aromatic carbocycles. The van der Waals surface area contributed by atoms with Gasteiger partial charge in [0.25, 0.3) is 0 Å². The molecule has 0 unspecified atom stereocenters. The Morgan fingerprint density at radius 1 is 1.06 bits per heavy atom. The van der Waals surface area contributed by atoms with Crippen LogP contribution in [-0.4, -0.2) is 52.5 Å². The van der Waals surface area contributed by atoms with Crippen LogP contribution in [-0.2, 0) is 21.2 Å². The summed E-state index contributed by atoms with van der Waals surface area (Å²) < 4.78 is 37.7. The Bertz CT molecular complexity index is 1070. The summed E-state index contributed by atoms with van der Waals surface area (Å²) in [6, 6.07) is 10.0. The third kappa shape index (κ3) is 5.67. The lowest BCUT2D eigenvalue weighted by Gasteiger charge is -2.30. The second-order valence-corrected chi connectivity index (χ2v) is 10.2. The molecule has 1 N–H and O–H groups in total. The van der Waals surface area contributed by atoms with Gasteiger partial charge in [-0.3, -0.25) is 4.79 Å². The van der Waals surface area contributed by atoms with E-state index in [-0.39, 0.29) is 34.8 Å². The molecular weight excluding hydrogens is 475 g/mol. The van der Waals surface area contributed by atoms with E-state index >= 15 is 0 Å². The van der Waals surface area contributed by atoms with Crippen LogP contribution in [0.25, 0.3) is 0 Å². The average Bonchev–Trinajstić information content (AvgIpc) is 2.80. The summed E-state index contributed by atoms with van der Waals surface area (Å²) in [6.07, 6.45) is 1.53. The predicted octanol–water partition coefficient (Wildman–Crippen LogP) is 3.77. The number of methoxy groups -OCH3 is 2. The van der Waals surface area contributed by atoms with E-state index in [0.29, 0.717) is 42.3 Å². The lowest BCUT2D eigenvalue weighted by Crippen LogP contribution is -2.43. The highest BCUT2D eigenvalue weighted by Crippen LogP contribution is 2.30.